The van der Waals surface area contributed by atoms with Crippen molar-refractivity contribution >= 4 is 34.1 Å². The van der Waals surface area contributed by atoms with E-state index in [0.29, 0.717) is 12.2 Å². The Kier molecular flexibility index (Phi) is 5.25. The van der Waals surface area contributed by atoms with Gasteiger partial charge in [-0.2, -0.15) is 0 Å². The molecule has 0 saturated heterocycles. The minimum Gasteiger partial charge on any atom is -0.492 e. The molecule has 0 radical (unpaired) electrons. The van der Waals surface area contributed by atoms with Gasteiger partial charge in [0, 0.05) is 34.4 Å². The lowest BCUT2D eigenvalue weighted by Gasteiger charge is -2.10. The average Bonchev–Trinajstić information content (AvgIpc) is 3.33. The van der Waals surface area contributed by atoms with Crippen molar-refractivity contribution in [2.45, 2.75) is 0 Å². The summed E-state index contributed by atoms with van der Waals surface area (Å²) in [5.41, 5.74) is 6.52. The number of fused-ring (bicyclic) bond motifs is 2. The van der Waals surface area contributed by atoms with Gasteiger partial charge in [-0.15, -0.1) is 0 Å². The highest BCUT2D eigenvalue weighted by Gasteiger charge is 2.24. The van der Waals surface area contributed by atoms with Crippen molar-refractivity contribution in [3.8, 4) is 16.9 Å². The van der Waals surface area contributed by atoms with Gasteiger partial charge >= 0.3 is 0 Å². The van der Waals surface area contributed by atoms with Crippen LogP contribution < -0.4 is 10.1 Å². The maximum absolute atomic E-state index is 12.7. The third-order valence-electron chi connectivity index (χ3n) is 5.63. The second kappa shape index (κ2) is 8.36. The highest BCUT2D eigenvalue weighted by Crippen LogP contribution is 2.36. The summed E-state index contributed by atoms with van der Waals surface area (Å²) in [6.07, 6.45) is 1.91. The van der Waals surface area contributed by atoms with Gasteiger partial charge in [0.25, 0.3) is 5.91 Å². The second-order valence-electron chi connectivity index (χ2n) is 8.26. The summed E-state index contributed by atoms with van der Waals surface area (Å²) >= 11 is 0. The Hall–Kier alpha value is -3.83. The first-order valence-electron chi connectivity index (χ1n) is 10.7. The summed E-state index contributed by atoms with van der Waals surface area (Å²) in [6, 6.07) is 24.3. The monoisotopic (exact) mass is 423 g/mol. The van der Waals surface area contributed by atoms with Gasteiger partial charge in [-0.05, 0) is 61.6 Å². The number of nitrogens with one attached hydrogen (secondary N) is 2. The average molecular weight is 424 g/mol. The lowest BCUT2D eigenvalue weighted by atomic mass is 10.00. The molecule has 2 heterocycles. The Morgan fingerprint density at radius 2 is 1.78 bits per heavy atom. The number of nitrogens with zero attached hydrogens (tertiary/aromatic N) is 1. The van der Waals surface area contributed by atoms with Crippen LogP contribution in [0.2, 0.25) is 0 Å². The summed E-state index contributed by atoms with van der Waals surface area (Å²) in [5, 5.41) is 4.06. The number of likely N-dealkylation sites (N-methyl/N-ethyl adjacent to an activating group) is 1. The number of hydrogen-bond donors (Lipinski definition) is 2. The van der Waals surface area contributed by atoms with Crippen LogP contribution in [0.15, 0.2) is 72.8 Å². The number of carbonyl (C=O) groups is 1. The first-order valence-corrected chi connectivity index (χ1v) is 10.7. The molecular formula is C27H25N3O2. The Bertz CT molecular complexity index is 1320. The molecule has 0 bridgehead atoms. The Morgan fingerprint density at radius 3 is 2.59 bits per heavy atom. The van der Waals surface area contributed by atoms with Crippen LogP contribution in [0.3, 0.4) is 0 Å². The normalized spacial score (nSPS) is 14.2. The van der Waals surface area contributed by atoms with Crippen molar-refractivity contribution in [3.63, 3.8) is 0 Å². The third-order valence-corrected chi connectivity index (χ3v) is 5.63. The standard InChI is InChI=1S/C27H25N3O2/c1-30(2)12-13-32-22-9-11-25-20(15-22)14-21(28-25)17-24-23-10-8-19(16-26(23)29-27(24)31)18-6-4-3-5-7-18/h3-11,14-17,28H,12-13H2,1-2H3,(H,29,31). The van der Waals surface area contributed by atoms with E-state index in [9.17, 15) is 4.79 Å². The van der Waals surface area contributed by atoms with Crippen molar-refractivity contribution in [3.05, 3.63) is 84.1 Å². The number of H-pyrrole nitrogens is 1. The van der Waals surface area contributed by atoms with Crippen LogP contribution in [0.4, 0.5) is 5.69 Å². The van der Waals surface area contributed by atoms with E-state index in [1.54, 1.807) is 0 Å². The smallest absolute Gasteiger partial charge is 0.256 e. The Balaban J connectivity index is 1.42. The molecular weight excluding hydrogens is 398 g/mol. The summed E-state index contributed by atoms with van der Waals surface area (Å²) in [5.74, 6) is 0.756. The molecule has 5 heteroatoms. The van der Waals surface area contributed by atoms with Gasteiger partial charge in [0.15, 0.2) is 0 Å². The van der Waals surface area contributed by atoms with Gasteiger partial charge in [0.05, 0.1) is 5.57 Å². The molecule has 1 aromatic heterocycles. The van der Waals surface area contributed by atoms with Gasteiger partial charge in [-0.3, -0.25) is 4.79 Å². The highest BCUT2D eigenvalue weighted by atomic mass is 16.5. The van der Waals surface area contributed by atoms with Gasteiger partial charge in [-0.25, -0.2) is 0 Å². The van der Waals surface area contributed by atoms with Crippen LogP contribution >= 0.6 is 0 Å². The molecule has 160 valence electrons. The van der Waals surface area contributed by atoms with E-state index in [1.165, 1.54) is 0 Å². The molecule has 0 saturated carbocycles. The third kappa shape index (κ3) is 4.03. The molecule has 4 aromatic rings. The molecule has 32 heavy (non-hydrogen) atoms. The number of aromatic amines is 1. The minimum atomic E-state index is -0.0865. The van der Waals surface area contributed by atoms with E-state index in [4.69, 9.17) is 4.74 Å². The van der Waals surface area contributed by atoms with E-state index in [0.717, 1.165) is 51.3 Å². The maximum Gasteiger partial charge on any atom is 0.256 e. The number of benzene rings is 3. The second-order valence-corrected chi connectivity index (χ2v) is 8.26. The fraction of sp³-hybridized carbons (Fsp3) is 0.148. The Labute approximate surface area is 187 Å². The van der Waals surface area contributed by atoms with Gasteiger partial charge in [0.1, 0.15) is 12.4 Å². The number of anilines is 1. The molecule has 0 unspecified atom stereocenters. The topological polar surface area (TPSA) is 57.4 Å². The number of amides is 1. The van der Waals surface area contributed by atoms with Crippen LogP contribution in [0.1, 0.15) is 11.3 Å². The quantitative estimate of drug-likeness (QED) is 0.416. The van der Waals surface area contributed by atoms with E-state index < -0.39 is 0 Å². The van der Waals surface area contributed by atoms with Crippen LogP contribution in [0.5, 0.6) is 5.75 Å². The zero-order chi connectivity index (χ0) is 22.1. The molecule has 3 aromatic carbocycles. The number of aromatic nitrogens is 1. The fourth-order valence-corrected chi connectivity index (χ4v) is 3.95. The molecule has 0 fully saturated rings. The van der Waals surface area contributed by atoms with Gasteiger partial charge in [-0.1, -0.05) is 42.5 Å². The predicted octanol–water partition coefficient (Wildman–Crippen LogP) is 5.27. The van der Waals surface area contributed by atoms with E-state index in [-0.39, 0.29) is 5.91 Å². The van der Waals surface area contributed by atoms with Crippen LogP contribution in [-0.2, 0) is 4.79 Å². The van der Waals surface area contributed by atoms with E-state index >= 15 is 0 Å². The van der Waals surface area contributed by atoms with Gasteiger partial charge < -0.3 is 19.9 Å². The largest absolute Gasteiger partial charge is 0.492 e. The molecule has 5 nitrogen and oxygen atoms in total. The van der Waals surface area contributed by atoms with Crippen LogP contribution in [0, 0.1) is 0 Å². The summed E-state index contributed by atoms with van der Waals surface area (Å²) in [7, 11) is 4.05. The molecule has 0 aliphatic carbocycles. The number of ether oxygens (including phenoxy) is 1. The number of carbonyl (C=O) groups excluding carboxylic acids is 1. The highest BCUT2D eigenvalue weighted by molar-refractivity contribution is 6.35. The molecule has 1 aliphatic heterocycles. The molecule has 0 atom stereocenters. The predicted molar refractivity (Wildman–Crippen MR) is 131 cm³/mol. The van der Waals surface area contributed by atoms with Crippen LogP contribution in [0.25, 0.3) is 33.7 Å². The van der Waals surface area contributed by atoms with Crippen molar-refractivity contribution in [1.82, 2.24) is 9.88 Å². The lowest BCUT2D eigenvalue weighted by molar-refractivity contribution is -0.110. The lowest BCUT2D eigenvalue weighted by Crippen LogP contribution is -2.19. The SMILES string of the molecule is CN(C)CCOc1ccc2[nH]c(C=C3C(=O)Nc4cc(-c5ccccc5)ccc43)cc2c1. The number of hydrogen-bond acceptors (Lipinski definition) is 3. The molecule has 0 spiro atoms. The van der Waals surface area contributed by atoms with Crippen molar-refractivity contribution in [2.75, 3.05) is 32.6 Å². The van der Waals surface area contributed by atoms with E-state index in [1.807, 2.05) is 74.8 Å². The zero-order valence-corrected chi connectivity index (χ0v) is 18.2. The van der Waals surface area contributed by atoms with E-state index in [2.05, 4.69) is 33.4 Å². The minimum absolute atomic E-state index is 0.0865. The number of rotatable bonds is 6. The molecule has 1 aliphatic rings. The van der Waals surface area contributed by atoms with Crippen LogP contribution in [-0.4, -0.2) is 43.0 Å². The Morgan fingerprint density at radius 1 is 0.938 bits per heavy atom. The van der Waals surface area contributed by atoms with Gasteiger partial charge in [0.2, 0.25) is 0 Å². The van der Waals surface area contributed by atoms with Crippen molar-refractivity contribution in [1.29, 1.82) is 0 Å². The summed E-state index contributed by atoms with van der Waals surface area (Å²) < 4.78 is 5.84. The summed E-state index contributed by atoms with van der Waals surface area (Å²) in [6.45, 7) is 1.50. The maximum atomic E-state index is 12.7. The fourth-order valence-electron chi connectivity index (χ4n) is 3.95. The first-order chi connectivity index (χ1) is 15.6. The molecule has 5 rings (SSSR count). The zero-order valence-electron chi connectivity index (χ0n) is 18.2. The van der Waals surface area contributed by atoms with Crippen molar-refractivity contribution in [2.24, 2.45) is 0 Å². The summed E-state index contributed by atoms with van der Waals surface area (Å²) in [4.78, 5) is 18.2. The molecule has 2 N–H and O–H groups in total. The molecule has 1 amide bonds. The van der Waals surface area contributed by atoms with Crippen molar-refractivity contribution < 1.29 is 9.53 Å². The first kappa shape index (κ1) is 20.1.